The van der Waals surface area contributed by atoms with Gasteiger partial charge in [-0.2, -0.15) is 0 Å². The number of hydrogen-bond acceptors (Lipinski definition) is 6. The molecule has 0 aromatic carbocycles. The first-order valence-electron chi connectivity index (χ1n) is 6.59. The summed E-state index contributed by atoms with van der Waals surface area (Å²) < 4.78 is 10.0. The van der Waals surface area contributed by atoms with Crippen LogP contribution in [0.4, 0.5) is 5.82 Å². The van der Waals surface area contributed by atoms with Crippen molar-refractivity contribution in [3.8, 4) is 0 Å². The van der Waals surface area contributed by atoms with Crippen molar-refractivity contribution in [1.29, 1.82) is 0 Å². The highest BCUT2D eigenvalue weighted by molar-refractivity contribution is 6.03. The maximum Gasteiger partial charge on any atom is 0.313 e. The number of anilines is 1. The molecule has 1 aromatic heterocycles. The lowest BCUT2D eigenvalue weighted by atomic mass is 9.66. The largest absolute Gasteiger partial charge is 0.448 e. The Morgan fingerprint density at radius 2 is 1.95 bits per heavy atom. The number of carbonyl (C=O) groups excluding carboxylic acids is 2. The van der Waals surface area contributed by atoms with Crippen LogP contribution in [-0.4, -0.2) is 27.8 Å². The normalized spacial score (nSPS) is 34.1. The van der Waals surface area contributed by atoms with Gasteiger partial charge in [0.2, 0.25) is 0 Å². The van der Waals surface area contributed by atoms with E-state index in [1.807, 2.05) is 20.8 Å². The van der Waals surface area contributed by atoms with E-state index in [1.165, 1.54) is 0 Å². The van der Waals surface area contributed by atoms with E-state index in [4.69, 9.17) is 4.74 Å². The molecule has 1 saturated heterocycles. The van der Waals surface area contributed by atoms with Gasteiger partial charge in [-0.25, -0.2) is 4.63 Å². The van der Waals surface area contributed by atoms with E-state index in [2.05, 4.69) is 20.3 Å². The number of aryl methyl sites for hydroxylation is 1. The smallest absolute Gasteiger partial charge is 0.313 e. The SMILES string of the molecule is Cc1nonc1NC(=O)[C@@]12CC[C@@](C)(C(=O)O1)C2(C)C. The first kappa shape index (κ1) is 13.1. The lowest BCUT2D eigenvalue weighted by molar-refractivity contribution is -0.165. The molecule has 108 valence electrons. The van der Waals surface area contributed by atoms with Crippen LogP contribution in [0.25, 0.3) is 0 Å². The van der Waals surface area contributed by atoms with Crippen LogP contribution in [-0.2, 0) is 14.3 Å². The number of hydrogen-bond donors (Lipinski definition) is 1. The summed E-state index contributed by atoms with van der Waals surface area (Å²) in [5.41, 5.74) is -1.87. The molecule has 3 rings (SSSR count). The first-order chi connectivity index (χ1) is 9.24. The molecule has 1 aromatic rings. The van der Waals surface area contributed by atoms with Crippen LogP contribution >= 0.6 is 0 Å². The number of amides is 1. The van der Waals surface area contributed by atoms with Crippen molar-refractivity contribution in [3.05, 3.63) is 5.69 Å². The quantitative estimate of drug-likeness (QED) is 0.823. The summed E-state index contributed by atoms with van der Waals surface area (Å²) >= 11 is 0. The molecule has 0 unspecified atom stereocenters. The topological polar surface area (TPSA) is 94.3 Å². The van der Waals surface area contributed by atoms with Gasteiger partial charge in [0.25, 0.3) is 5.91 Å². The highest BCUT2D eigenvalue weighted by Crippen LogP contribution is 2.65. The summed E-state index contributed by atoms with van der Waals surface area (Å²) in [7, 11) is 0. The Balaban J connectivity index is 1.96. The van der Waals surface area contributed by atoms with Crippen LogP contribution < -0.4 is 5.32 Å². The Hall–Kier alpha value is -1.92. The van der Waals surface area contributed by atoms with Gasteiger partial charge in [0.15, 0.2) is 11.4 Å². The number of nitrogens with one attached hydrogen (secondary N) is 1. The number of aromatic nitrogens is 2. The van der Waals surface area contributed by atoms with Crippen molar-refractivity contribution in [3.63, 3.8) is 0 Å². The van der Waals surface area contributed by atoms with Crippen LogP contribution in [0, 0.1) is 17.8 Å². The summed E-state index contributed by atoms with van der Waals surface area (Å²) in [6.45, 7) is 7.34. The molecule has 2 fully saturated rings. The van der Waals surface area contributed by atoms with Gasteiger partial charge in [0.1, 0.15) is 5.69 Å². The minimum atomic E-state index is -1.15. The third kappa shape index (κ3) is 1.25. The van der Waals surface area contributed by atoms with E-state index >= 15 is 0 Å². The van der Waals surface area contributed by atoms with Crippen LogP contribution in [0.1, 0.15) is 39.3 Å². The number of rotatable bonds is 2. The Morgan fingerprint density at radius 1 is 1.25 bits per heavy atom. The fraction of sp³-hybridized carbons (Fsp3) is 0.692. The highest BCUT2D eigenvalue weighted by Gasteiger charge is 2.75. The van der Waals surface area contributed by atoms with E-state index in [9.17, 15) is 9.59 Å². The van der Waals surface area contributed by atoms with Gasteiger partial charge >= 0.3 is 5.97 Å². The molecule has 1 N–H and O–H groups in total. The summed E-state index contributed by atoms with van der Waals surface area (Å²) in [6.07, 6.45) is 1.15. The maximum atomic E-state index is 12.7. The summed E-state index contributed by atoms with van der Waals surface area (Å²) in [5.74, 6) is -0.411. The molecule has 20 heavy (non-hydrogen) atoms. The molecule has 1 aliphatic heterocycles. The minimum Gasteiger partial charge on any atom is -0.448 e. The van der Waals surface area contributed by atoms with E-state index in [-0.39, 0.29) is 17.7 Å². The van der Waals surface area contributed by atoms with Crippen LogP contribution in [0.2, 0.25) is 0 Å². The molecule has 0 spiro atoms. The van der Waals surface area contributed by atoms with Gasteiger partial charge in [-0.05, 0) is 31.8 Å². The monoisotopic (exact) mass is 279 g/mol. The average molecular weight is 279 g/mol. The molecule has 2 bridgehead atoms. The molecule has 7 nitrogen and oxygen atoms in total. The third-order valence-corrected chi connectivity index (χ3v) is 5.33. The molecule has 7 heteroatoms. The zero-order valence-corrected chi connectivity index (χ0v) is 11.9. The van der Waals surface area contributed by atoms with Crippen LogP contribution in [0.15, 0.2) is 4.63 Å². The molecular weight excluding hydrogens is 262 g/mol. The second-order valence-corrected chi connectivity index (χ2v) is 6.33. The molecule has 0 radical (unpaired) electrons. The second kappa shape index (κ2) is 3.59. The van der Waals surface area contributed by atoms with Crippen molar-refractivity contribution in [1.82, 2.24) is 10.3 Å². The van der Waals surface area contributed by atoms with Gasteiger partial charge in [0, 0.05) is 5.41 Å². The van der Waals surface area contributed by atoms with E-state index in [0.29, 0.717) is 18.5 Å². The number of fused-ring (bicyclic) bond motifs is 2. The zero-order valence-electron chi connectivity index (χ0n) is 11.9. The van der Waals surface area contributed by atoms with Crippen molar-refractivity contribution in [2.45, 2.75) is 46.1 Å². The van der Waals surface area contributed by atoms with Gasteiger partial charge in [-0.15, -0.1) is 0 Å². The van der Waals surface area contributed by atoms with Crippen molar-refractivity contribution in [2.24, 2.45) is 10.8 Å². The van der Waals surface area contributed by atoms with E-state index in [1.54, 1.807) is 6.92 Å². The predicted molar refractivity (Wildman–Crippen MR) is 67.6 cm³/mol. The third-order valence-electron chi connectivity index (χ3n) is 5.33. The van der Waals surface area contributed by atoms with Crippen molar-refractivity contribution < 1.29 is 19.0 Å². The Morgan fingerprint density at radius 3 is 2.40 bits per heavy atom. The number of carbonyl (C=O) groups is 2. The highest BCUT2D eigenvalue weighted by atomic mass is 16.6. The maximum absolute atomic E-state index is 12.7. The molecular formula is C13H17N3O4. The standard InChI is InChI=1S/C13H17N3O4/c1-7-8(16-20-15-7)14-9(17)13-6-5-12(4,10(18)19-13)11(13,2)3/h5-6H2,1-4H3,(H,14,16,17)/t12-,13+/m0/s1. The summed E-state index contributed by atoms with van der Waals surface area (Å²) in [6, 6.07) is 0. The first-order valence-corrected chi connectivity index (χ1v) is 6.59. The van der Waals surface area contributed by atoms with E-state index in [0.717, 1.165) is 0 Å². The Bertz CT molecular complexity index is 609. The lowest BCUT2D eigenvalue weighted by Gasteiger charge is -2.35. The predicted octanol–water partition coefficient (Wildman–Crippen LogP) is 1.44. The summed E-state index contributed by atoms with van der Waals surface area (Å²) in [4.78, 5) is 24.8. The fourth-order valence-electron chi connectivity index (χ4n) is 3.30. The molecule has 2 heterocycles. The van der Waals surface area contributed by atoms with Gasteiger partial charge in [-0.1, -0.05) is 19.0 Å². The molecule has 1 aliphatic carbocycles. The summed E-state index contributed by atoms with van der Waals surface area (Å²) in [5, 5.41) is 9.90. The molecule has 1 amide bonds. The lowest BCUT2D eigenvalue weighted by Crippen LogP contribution is -2.50. The van der Waals surface area contributed by atoms with Gasteiger partial charge in [0.05, 0.1) is 5.41 Å². The van der Waals surface area contributed by atoms with Gasteiger partial charge in [-0.3, -0.25) is 9.59 Å². The fourth-order valence-corrected chi connectivity index (χ4v) is 3.30. The average Bonchev–Trinajstić information content (AvgIpc) is 2.90. The second-order valence-electron chi connectivity index (χ2n) is 6.33. The van der Waals surface area contributed by atoms with Crippen LogP contribution in [0.5, 0.6) is 0 Å². The van der Waals surface area contributed by atoms with Gasteiger partial charge < -0.3 is 10.1 Å². The van der Waals surface area contributed by atoms with Crippen LogP contribution in [0.3, 0.4) is 0 Å². The van der Waals surface area contributed by atoms with E-state index < -0.39 is 16.4 Å². The Kier molecular flexibility index (Phi) is 2.35. The van der Waals surface area contributed by atoms with Crippen molar-refractivity contribution >= 4 is 17.7 Å². The number of ether oxygens (including phenoxy) is 1. The van der Waals surface area contributed by atoms with Crippen molar-refractivity contribution in [2.75, 3.05) is 5.32 Å². The zero-order chi connectivity index (χ0) is 14.8. The minimum absolute atomic E-state index is 0.261. The molecule has 2 aliphatic rings. The number of esters is 1. The number of nitrogens with zero attached hydrogens (tertiary/aromatic N) is 2. The Labute approximate surface area is 116 Å². The molecule has 2 atom stereocenters. The molecule has 1 saturated carbocycles.